The summed E-state index contributed by atoms with van der Waals surface area (Å²) in [5.41, 5.74) is 0. The van der Waals surface area contributed by atoms with Crippen molar-refractivity contribution < 1.29 is 19.1 Å². The molecular weight excluding hydrogens is 224 g/mol. The molecular formula is C11H16N2O4. The highest BCUT2D eigenvalue weighted by Crippen LogP contribution is 1.99. The number of carboxylic acid groups (broad SMARTS) is 1. The largest absolute Gasteiger partial charge is 0.480 e. The zero-order valence-electron chi connectivity index (χ0n) is 9.60. The monoisotopic (exact) mass is 240 g/mol. The zero-order chi connectivity index (χ0) is 12.7. The maximum Gasteiger partial charge on any atom is 0.326 e. The summed E-state index contributed by atoms with van der Waals surface area (Å²) in [7, 11) is 0. The van der Waals surface area contributed by atoms with E-state index in [0.29, 0.717) is 19.4 Å². The smallest absolute Gasteiger partial charge is 0.326 e. The van der Waals surface area contributed by atoms with Crippen molar-refractivity contribution in [3.05, 3.63) is 24.2 Å². The van der Waals surface area contributed by atoms with Crippen molar-refractivity contribution in [1.29, 1.82) is 0 Å². The normalized spacial score (nSPS) is 11.8. The van der Waals surface area contributed by atoms with E-state index in [4.69, 9.17) is 9.52 Å². The van der Waals surface area contributed by atoms with Gasteiger partial charge in [-0.2, -0.15) is 0 Å². The first-order chi connectivity index (χ1) is 8.13. The Labute approximate surface area is 99.0 Å². The van der Waals surface area contributed by atoms with E-state index in [1.807, 2.05) is 6.07 Å². The second-order valence-electron chi connectivity index (χ2n) is 3.53. The van der Waals surface area contributed by atoms with E-state index >= 15 is 0 Å². The Kier molecular flexibility index (Phi) is 5.06. The average molecular weight is 240 g/mol. The molecule has 0 unspecified atom stereocenters. The summed E-state index contributed by atoms with van der Waals surface area (Å²) in [5.74, 6) is -0.260. The summed E-state index contributed by atoms with van der Waals surface area (Å²) in [5, 5.41) is 13.7. The van der Waals surface area contributed by atoms with Crippen LogP contribution in [0.3, 0.4) is 0 Å². The molecule has 1 heterocycles. The molecule has 0 saturated heterocycles. The van der Waals surface area contributed by atoms with Crippen LogP contribution in [0.1, 0.15) is 19.1 Å². The first-order valence-corrected chi connectivity index (χ1v) is 5.43. The van der Waals surface area contributed by atoms with Gasteiger partial charge in [0.25, 0.3) is 0 Å². The fourth-order valence-electron chi connectivity index (χ4n) is 1.30. The van der Waals surface area contributed by atoms with E-state index in [9.17, 15) is 9.59 Å². The third-order valence-corrected chi connectivity index (χ3v) is 2.25. The maximum atomic E-state index is 11.3. The second-order valence-corrected chi connectivity index (χ2v) is 3.53. The van der Waals surface area contributed by atoms with Gasteiger partial charge in [0.15, 0.2) is 0 Å². The molecule has 6 nitrogen and oxygen atoms in total. The van der Waals surface area contributed by atoms with Gasteiger partial charge < -0.3 is 20.2 Å². The third-order valence-electron chi connectivity index (χ3n) is 2.25. The summed E-state index contributed by atoms with van der Waals surface area (Å²) in [6.07, 6.45) is 2.48. The van der Waals surface area contributed by atoms with Crippen LogP contribution in [0.15, 0.2) is 22.8 Å². The zero-order valence-corrected chi connectivity index (χ0v) is 9.60. The Morgan fingerprint density at radius 3 is 2.82 bits per heavy atom. The summed E-state index contributed by atoms with van der Waals surface area (Å²) >= 11 is 0. The lowest BCUT2D eigenvalue weighted by Crippen LogP contribution is -2.46. The molecule has 1 aromatic heterocycles. The van der Waals surface area contributed by atoms with Gasteiger partial charge >= 0.3 is 12.0 Å². The molecule has 0 saturated carbocycles. The van der Waals surface area contributed by atoms with Crippen molar-refractivity contribution in [2.75, 3.05) is 6.54 Å². The Morgan fingerprint density at radius 2 is 2.29 bits per heavy atom. The number of urea groups is 1. The number of nitrogens with one attached hydrogen (secondary N) is 2. The van der Waals surface area contributed by atoms with Crippen LogP contribution < -0.4 is 10.6 Å². The molecule has 0 aliphatic carbocycles. The molecule has 1 aromatic rings. The molecule has 6 heteroatoms. The lowest BCUT2D eigenvalue weighted by atomic mass is 10.2. The number of hydrogen-bond acceptors (Lipinski definition) is 3. The molecule has 17 heavy (non-hydrogen) atoms. The summed E-state index contributed by atoms with van der Waals surface area (Å²) < 4.78 is 5.09. The molecule has 1 atom stereocenters. The Balaban J connectivity index is 2.23. The van der Waals surface area contributed by atoms with Crippen LogP contribution in [-0.4, -0.2) is 29.7 Å². The van der Waals surface area contributed by atoms with E-state index in [0.717, 1.165) is 5.76 Å². The molecule has 0 aliphatic heterocycles. The van der Waals surface area contributed by atoms with Crippen molar-refractivity contribution in [2.45, 2.75) is 25.8 Å². The minimum Gasteiger partial charge on any atom is -0.480 e. The minimum absolute atomic E-state index is 0.348. The Morgan fingerprint density at radius 1 is 1.53 bits per heavy atom. The van der Waals surface area contributed by atoms with E-state index in [-0.39, 0.29) is 0 Å². The summed E-state index contributed by atoms with van der Waals surface area (Å²) in [4.78, 5) is 22.0. The predicted octanol–water partition coefficient (Wildman–Crippen LogP) is 0.984. The number of carbonyl (C=O) groups excluding carboxylic acids is 1. The molecule has 2 amide bonds. The van der Waals surface area contributed by atoms with E-state index in [1.165, 1.54) is 0 Å². The van der Waals surface area contributed by atoms with Gasteiger partial charge in [-0.05, 0) is 18.6 Å². The van der Waals surface area contributed by atoms with Crippen molar-refractivity contribution in [1.82, 2.24) is 10.6 Å². The van der Waals surface area contributed by atoms with Crippen LogP contribution in [0.25, 0.3) is 0 Å². The quantitative estimate of drug-likeness (QED) is 0.691. The molecule has 94 valence electrons. The van der Waals surface area contributed by atoms with Gasteiger partial charge in [0.2, 0.25) is 0 Å². The van der Waals surface area contributed by atoms with E-state index in [2.05, 4.69) is 10.6 Å². The van der Waals surface area contributed by atoms with Gasteiger partial charge in [-0.1, -0.05) is 6.92 Å². The maximum absolute atomic E-state index is 11.3. The van der Waals surface area contributed by atoms with Gasteiger partial charge in [0.05, 0.1) is 6.26 Å². The van der Waals surface area contributed by atoms with E-state index in [1.54, 1.807) is 19.3 Å². The molecule has 0 aliphatic rings. The van der Waals surface area contributed by atoms with Crippen molar-refractivity contribution in [3.63, 3.8) is 0 Å². The lowest BCUT2D eigenvalue weighted by molar-refractivity contribution is -0.139. The number of furan rings is 1. The molecule has 0 radical (unpaired) electrons. The summed E-state index contributed by atoms with van der Waals surface area (Å²) in [6.45, 7) is 2.09. The van der Waals surface area contributed by atoms with Crippen LogP contribution in [0.4, 0.5) is 4.79 Å². The number of carboxylic acids is 1. The number of hydrogen-bond donors (Lipinski definition) is 3. The molecule has 0 spiro atoms. The van der Waals surface area contributed by atoms with Gasteiger partial charge in [0, 0.05) is 13.0 Å². The summed E-state index contributed by atoms with van der Waals surface area (Å²) in [6, 6.07) is 2.25. The highest BCUT2D eigenvalue weighted by molar-refractivity contribution is 5.82. The van der Waals surface area contributed by atoms with Gasteiger partial charge in [-0.3, -0.25) is 0 Å². The van der Waals surface area contributed by atoms with Crippen LogP contribution >= 0.6 is 0 Å². The van der Waals surface area contributed by atoms with Crippen LogP contribution in [0.2, 0.25) is 0 Å². The lowest BCUT2D eigenvalue weighted by Gasteiger charge is -2.12. The molecule has 0 bridgehead atoms. The van der Waals surface area contributed by atoms with Crippen molar-refractivity contribution in [2.24, 2.45) is 0 Å². The topological polar surface area (TPSA) is 91.6 Å². The van der Waals surface area contributed by atoms with Crippen LogP contribution in [0, 0.1) is 0 Å². The van der Waals surface area contributed by atoms with Crippen LogP contribution in [0.5, 0.6) is 0 Å². The molecule has 1 rings (SSSR count). The van der Waals surface area contributed by atoms with Gasteiger partial charge in [-0.15, -0.1) is 0 Å². The SMILES string of the molecule is CC[C@@H](NC(=O)NCCc1ccco1)C(=O)O. The van der Waals surface area contributed by atoms with Crippen molar-refractivity contribution in [3.8, 4) is 0 Å². The molecule has 3 N–H and O–H groups in total. The third kappa shape index (κ3) is 4.58. The van der Waals surface area contributed by atoms with E-state index < -0.39 is 18.0 Å². The van der Waals surface area contributed by atoms with Crippen molar-refractivity contribution >= 4 is 12.0 Å². The Hall–Kier alpha value is -1.98. The molecule has 0 aromatic carbocycles. The number of aliphatic carboxylic acids is 1. The Bertz CT molecular complexity index is 362. The highest BCUT2D eigenvalue weighted by Gasteiger charge is 2.16. The number of rotatable bonds is 6. The number of amides is 2. The minimum atomic E-state index is -1.03. The van der Waals surface area contributed by atoms with Gasteiger partial charge in [0.1, 0.15) is 11.8 Å². The van der Waals surface area contributed by atoms with Crippen LogP contribution in [-0.2, 0) is 11.2 Å². The average Bonchev–Trinajstić information content (AvgIpc) is 2.78. The fourth-order valence-corrected chi connectivity index (χ4v) is 1.30. The number of carbonyl (C=O) groups is 2. The molecule has 0 fully saturated rings. The first-order valence-electron chi connectivity index (χ1n) is 5.43. The standard InChI is InChI=1S/C11H16N2O4/c1-2-9(10(14)15)13-11(16)12-6-5-8-4-3-7-17-8/h3-4,7,9H,2,5-6H2,1H3,(H,14,15)(H2,12,13,16)/t9-/m1/s1. The first kappa shape index (κ1) is 13.1. The second kappa shape index (κ2) is 6.57. The predicted molar refractivity (Wildman–Crippen MR) is 60.7 cm³/mol. The fraction of sp³-hybridized carbons (Fsp3) is 0.455. The van der Waals surface area contributed by atoms with Gasteiger partial charge in [-0.25, -0.2) is 9.59 Å². The highest BCUT2D eigenvalue weighted by atomic mass is 16.4.